The van der Waals surface area contributed by atoms with Crippen LogP contribution >= 0.6 is 0 Å². The highest BCUT2D eigenvalue weighted by molar-refractivity contribution is 5.86. The molecule has 1 heterocycles. The van der Waals surface area contributed by atoms with E-state index in [0.29, 0.717) is 0 Å². The Hall–Kier alpha value is -0.370. The number of hydrogen-bond acceptors (Lipinski definition) is 2. The summed E-state index contributed by atoms with van der Waals surface area (Å²) in [4.78, 5) is 4.17. The van der Waals surface area contributed by atoms with Gasteiger partial charge in [-0.25, -0.2) is 0 Å². The van der Waals surface area contributed by atoms with E-state index in [-0.39, 0.29) is 0 Å². The molecule has 2 heteroatoms. The summed E-state index contributed by atoms with van der Waals surface area (Å²) in [6.07, 6.45) is 3.71. The molecule has 1 saturated heterocycles. The Kier molecular flexibility index (Phi) is 2.87. The summed E-state index contributed by atoms with van der Waals surface area (Å²) in [5.74, 6) is 0. The van der Waals surface area contributed by atoms with Gasteiger partial charge in [-0.1, -0.05) is 6.92 Å². The van der Waals surface area contributed by atoms with E-state index in [2.05, 4.69) is 17.2 Å². The van der Waals surface area contributed by atoms with E-state index < -0.39 is 0 Å². The van der Waals surface area contributed by atoms with Crippen LogP contribution in [0.2, 0.25) is 0 Å². The molecule has 58 valence electrons. The second-order valence-electron chi connectivity index (χ2n) is 2.81. The first-order chi connectivity index (χ1) is 4.86. The summed E-state index contributed by atoms with van der Waals surface area (Å²) in [6.45, 7) is 3.24. The van der Waals surface area contributed by atoms with Crippen molar-refractivity contribution < 1.29 is 0 Å². The third-order valence-electron chi connectivity index (χ3n) is 2.19. The maximum Gasteiger partial charge on any atom is 0.0337 e. The first kappa shape index (κ1) is 7.73. The van der Waals surface area contributed by atoms with Crippen LogP contribution in [0.5, 0.6) is 0 Å². The second-order valence-corrected chi connectivity index (χ2v) is 2.81. The fourth-order valence-electron chi connectivity index (χ4n) is 1.33. The summed E-state index contributed by atoms with van der Waals surface area (Å²) in [7, 11) is 1.88. The van der Waals surface area contributed by atoms with Crippen molar-refractivity contribution >= 4 is 5.71 Å². The van der Waals surface area contributed by atoms with E-state index in [0.717, 1.165) is 12.6 Å². The molecule has 1 aliphatic heterocycles. The Morgan fingerprint density at radius 1 is 1.70 bits per heavy atom. The van der Waals surface area contributed by atoms with Crippen molar-refractivity contribution in [2.75, 3.05) is 13.6 Å². The lowest BCUT2D eigenvalue weighted by Crippen LogP contribution is -2.38. The summed E-state index contributed by atoms with van der Waals surface area (Å²) < 4.78 is 0. The van der Waals surface area contributed by atoms with Gasteiger partial charge in [0.15, 0.2) is 0 Å². The van der Waals surface area contributed by atoms with Crippen LogP contribution < -0.4 is 5.32 Å². The summed E-state index contributed by atoms with van der Waals surface area (Å²) >= 11 is 0. The number of piperidine rings is 1. The quantitative estimate of drug-likeness (QED) is 0.582. The largest absolute Gasteiger partial charge is 0.309 e. The molecule has 1 N–H and O–H groups in total. The summed E-state index contributed by atoms with van der Waals surface area (Å²) in [5, 5.41) is 3.44. The van der Waals surface area contributed by atoms with Gasteiger partial charge in [0, 0.05) is 25.3 Å². The molecule has 0 aromatic rings. The molecular formula is C8H16N2. The van der Waals surface area contributed by atoms with Crippen LogP contribution in [0.1, 0.15) is 26.2 Å². The zero-order valence-corrected chi connectivity index (χ0v) is 6.85. The molecule has 1 unspecified atom stereocenters. The number of rotatable bonds is 1. The van der Waals surface area contributed by atoms with Crippen molar-refractivity contribution in [1.29, 1.82) is 0 Å². The van der Waals surface area contributed by atoms with Crippen LogP contribution in [0, 0.1) is 0 Å². The molecule has 0 amide bonds. The van der Waals surface area contributed by atoms with Crippen molar-refractivity contribution in [3.63, 3.8) is 0 Å². The van der Waals surface area contributed by atoms with E-state index in [1.807, 2.05) is 7.05 Å². The van der Waals surface area contributed by atoms with Gasteiger partial charge in [-0.15, -0.1) is 0 Å². The lowest BCUT2D eigenvalue weighted by atomic mass is 10.0. The zero-order chi connectivity index (χ0) is 7.40. The van der Waals surface area contributed by atoms with Crippen molar-refractivity contribution in [1.82, 2.24) is 5.32 Å². The highest BCUT2D eigenvalue weighted by Gasteiger charge is 2.13. The van der Waals surface area contributed by atoms with Crippen molar-refractivity contribution in [2.24, 2.45) is 4.99 Å². The molecule has 0 bridgehead atoms. The lowest BCUT2D eigenvalue weighted by molar-refractivity contribution is 0.478. The Balaban J connectivity index is 2.31. The van der Waals surface area contributed by atoms with Gasteiger partial charge in [-0.3, -0.25) is 4.99 Å². The molecule has 1 fully saturated rings. The zero-order valence-electron chi connectivity index (χ0n) is 6.85. The van der Waals surface area contributed by atoms with Crippen LogP contribution in [-0.2, 0) is 0 Å². The number of hydrogen-bond donors (Lipinski definition) is 1. The van der Waals surface area contributed by atoms with Gasteiger partial charge in [0.05, 0.1) is 0 Å². The predicted octanol–water partition coefficient (Wildman–Crippen LogP) is 1.22. The maximum absolute atomic E-state index is 4.17. The molecule has 0 aliphatic carbocycles. The van der Waals surface area contributed by atoms with E-state index >= 15 is 0 Å². The smallest absolute Gasteiger partial charge is 0.0337 e. The van der Waals surface area contributed by atoms with Gasteiger partial charge < -0.3 is 5.32 Å². The normalized spacial score (nSPS) is 31.0. The minimum atomic E-state index is 0.741. The minimum absolute atomic E-state index is 0.741. The number of nitrogens with zero attached hydrogens (tertiary/aromatic N) is 1. The van der Waals surface area contributed by atoms with E-state index in [1.54, 1.807) is 0 Å². The van der Waals surface area contributed by atoms with Gasteiger partial charge in [0.25, 0.3) is 0 Å². The molecule has 2 nitrogen and oxygen atoms in total. The third-order valence-corrected chi connectivity index (χ3v) is 2.19. The fourth-order valence-corrected chi connectivity index (χ4v) is 1.33. The lowest BCUT2D eigenvalue weighted by Gasteiger charge is -2.23. The van der Waals surface area contributed by atoms with Crippen molar-refractivity contribution in [2.45, 2.75) is 32.2 Å². The van der Waals surface area contributed by atoms with Crippen molar-refractivity contribution in [3.8, 4) is 0 Å². The van der Waals surface area contributed by atoms with Crippen LogP contribution in [0.25, 0.3) is 0 Å². The molecule has 0 radical (unpaired) electrons. The van der Waals surface area contributed by atoms with Crippen LogP contribution in [0.3, 0.4) is 0 Å². The highest BCUT2D eigenvalue weighted by atomic mass is 14.9. The molecule has 0 aromatic heterocycles. The topological polar surface area (TPSA) is 24.4 Å². The molecule has 1 rings (SSSR count). The second kappa shape index (κ2) is 3.71. The first-order valence-electron chi connectivity index (χ1n) is 4.04. The van der Waals surface area contributed by atoms with Gasteiger partial charge in [0.1, 0.15) is 0 Å². The minimum Gasteiger partial charge on any atom is -0.309 e. The van der Waals surface area contributed by atoms with Gasteiger partial charge >= 0.3 is 0 Å². The molecule has 10 heavy (non-hydrogen) atoms. The monoisotopic (exact) mass is 140 g/mol. The van der Waals surface area contributed by atoms with E-state index in [9.17, 15) is 0 Å². The Morgan fingerprint density at radius 3 is 2.90 bits per heavy atom. The average molecular weight is 140 g/mol. The van der Waals surface area contributed by atoms with Crippen LogP contribution in [0.4, 0.5) is 0 Å². The van der Waals surface area contributed by atoms with E-state index in [1.165, 1.54) is 25.0 Å². The fraction of sp³-hybridized carbons (Fsp3) is 0.875. The predicted molar refractivity (Wildman–Crippen MR) is 44.7 cm³/mol. The molecule has 0 saturated carbocycles. The van der Waals surface area contributed by atoms with Crippen molar-refractivity contribution in [3.05, 3.63) is 0 Å². The Bertz CT molecular complexity index is 119. The third kappa shape index (κ3) is 1.81. The number of aliphatic imine (C=N–C) groups is 1. The standard InChI is InChI=1S/C8H16N2/c1-3-7-4-5-8(9-2)6-10-7/h7,10H,3-6H2,1-2H3. The molecule has 0 aromatic carbocycles. The first-order valence-corrected chi connectivity index (χ1v) is 4.04. The maximum atomic E-state index is 4.17. The van der Waals surface area contributed by atoms with E-state index in [4.69, 9.17) is 0 Å². The average Bonchev–Trinajstić information content (AvgIpc) is 2.05. The molecule has 1 atom stereocenters. The van der Waals surface area contributed by atoms with Crippen LogP contribution in [-0.4, -0.2) is 25.3 Å². The molecule has 0 spiro atoms. The van der Waals surface area contributed by atoms with Gasteiger partial charge in [-0.05, 0) is 19.3 Å². The van der Waals surface area contributed by atoms with Gasteiger partial charge in [-0.2, -0.15) is 0 Å². The highest BCUT2D eigenvalue weighted by Crippen LogP contribution is 2.07. The SMILES string of the molecule is CCC1CCC(=NC)CN1. The Morgan fingerprint density at radius 2 is 2.50 bits per heavy atom. The Labute approximate surface area is 62.7 Å². The summed E-state index contributed by atoms with van der Waals surface area (Å²) in [6, 6.07) is 0.741. The molecular weight excluding hydrogens is 124 g/mol. The molecule has 1 aliphatic rings. The van der Waals surface area contributed by atoms with Crippen LogP contribution in [0.15, 0.2) is 4.99 Å². The van der Waals surface area contributed by atoms with Gasteiger partial charge in [0.2, 0.25) is 0 Å². The number of nitrogens with one attached hydrogen (secondary N) is 1. The summed E-state index contributed by atoms with van der Waals surface area (Å²) in [5.41, 5.74) is 1.32.